The highest BCUT2D eigenvalue weighted by atomic mass is 32.2. The number of rotatable bonds is 2. The lowest BCUT2D eigenvalue weighted by atomic mass is 10.2. The van der Waals surface area contributed by atoms with Crippen molar-refractivity contribution in [3.8, 4) is 5.75 Å². The number of sulfone groups is 1. The Morgan fingerprint density at radius 1 is 1.27 bits per heavy atom. The zero-order valence-corrected chi connectivity index (χ0v) is 8.74. The molecule has 4 nitrogen and oxygen atoms in total. The average Bonchev–Trinajstić information content (AvgIpc) is 2.50. The quantitative estimate of drug-likeness (QED) is 0.740. The maximum atomic E-state index is 11.1. The summed E-state index contributed by atoms with van der Waals surface area (Å²) in [6.07, 6.45) is 1.63. The SMILES string of the molecule is O=S1(=O)C=C[C@@H](Nc2ccc(O)cc2)C1. The average molecular weight is 225 g/mol. The summed E-state index contributed by atoms with van der Waals surface area (Å²) in [5, 5.41) is 13.3. The van der Waals surface area contributed by atoms with Gasteiger partial charge in [0, 0.05) is 11.1 Å². The van der Waals surface area contributed by atoms with E-state index in [1.54, 1.807) is 30.3 Å². The highest BCUT2D eigenvalue weighted by Crippen LogP contribution is 2.17. The molecule has 0 spiro atoms. The predicted octanol–water partition coefficient (Wildman–Crippen LogP) is 1.11. The van der Waals surface area contributed by atoms with Crippen LogP contribution in [0, 0.1) is 0 Å². The van der Waals surface area contributed by atoms with Gasteiger partial charge in [0.25, 0.3) is 0 Å². The van der Waals surface area contributed by atoms with Gasteiger partial charge in [-0.2, -0.15) is 0 Å². The number of hydrogen-bond acceptors (Lipinski definition) is 4. The normalized spacial score (nSPS) is 22.8. The van der Waals surface area contributed by atoms with Crippen molar-refractivity contribution in [3.05, 3.63) is 35.7 Å². The van der Waals surface area contributed by atoms with E-state index in [1.807, 2.05) is 0 Å². The van der Waals surface area contributed by atoms with Gasteiger partial charge in [0.2, 0.25) is 0 Å². The van der Waals surface area contributed by atoms with Gasteiger partial charge in [-0.3, -0.25) is 0 Å². The molecule has 0 fully saturated rings. The Morgan fingerprint density at radius 2 is 1.93 bits per heavy atom. The van der Waals surface area contributed by atoms with E-state index in [0.717, 1.165) is 5.69 Å². The summed E-state index contributed by atoms with van der Waals surface area (Å²) >= 11 is 0. The van der Waals surface area contributed by atoms with E-state index >= 15 is 0 Å². The summed E-state index contributed by atoms with van der Waals surface area (Å²) in [5.74, 6) is 0.281. The molecule has 0 unspecified atom stereocenters. The zero-order valence-electron chi connectivity index (χ0n) is 7.92. The fourth-order valence-corrected chi connectivity index (χ4v) is 2.67. The summed E-state index contributed by atoms with van der Waals surface area (Å²) in [5.41, 5.74) is 0.791. The lowest BCUT2D eigenvalue weighted by Crippen LogP contribution is -2.20. The van der Waals surface area contributed by atoms with Crippen molar-refractivity contribution >= 4 is 15.5 Å². The lowest BCUT2D eigenvalue weighted by Gasteiger charge is -2.11. The number of nitrogens with one attached hydrogen (secondary N) is 1. The molecule has 1 aromatic carbocycles. The van der Waals surface area contributed by atoms with Crippen molar-refractivity contribution in [2.75, 3.05) is 11.1 Å². The van der Waals surface area contributed by atoms with Gasteiger partial charge in [-0.1, -0.05) is 6.08 Å². The summed E-state index contributed by atoms with van der Waals surface area (Å²) in [7, 11) is -3.02. The maximum absolute atomic E-state index is 11.1. The van der Waals surface area contributed by atoms with Crippen molar-refractivity contribution in [3.63, 3.8) is 0 Å². The molecule has 0 radical (unpaired) electrons. The van der Waals surface area contributed by atoms with Crippen LogP contribution in [0.4, 0.5) is 5.69 Å². The van der Waals surface area contributed by atoms with Crippen LogP contribution in [-0.4, -0.2) is 25.3 Å². The second-order valence-corrected chi connectivity index (χ2v) is 5.39. The van der Waals surface area contributed by atoms with Crippen molar-refractivity contribution in [2.24, 2.45) is 0 Å². The predicted molar refractivity (Wildman–Crippen MR) is 58.4 cm³/mol. The molecule has 15 heavy (non-hydrogen) atoms. The Kier molecular flexibility index (Phi) is 2.40. The van der Waals surface area contributed by atoms with Crippen LogP contribution in [-0.2, 0) is 9.84 Å². The fourth-order valence-electron chi connectivity index (χ4n) is 1.44. The van der Waals surface area contributed by atoms with E-state index in [-0.39, 0.29) is 17.5 Å². The molecule has 2 N–H and O–H groups in total. The third-order valence-electron chi connectivity index (χ3n) is 2.15. The molecule has 0 saturated carbocycles. The first-order chi connectivity index (χ1) is 7.05. The van der Waals surface area contributed by atoms with Crippen molar-refractivity contribution in [1.29, 1.82) is 0 Å². The second kappa shape index (κ2) is 3.58. The zero-order chi connectivity index (χ0) is 10.9. The van der Waals surface area contributed by atoms with Crippen LogP contribution < -0.4 is 5.32 Å². The highest BCUT2D eigenvalue weighted by molar-refractivity contribution is 7.94. The number of benzene rings is 1. The molecule has 2 rings (SSSR count). The van der Waals surface area contributed by atoms with E-state index in [4.69, 9.17) is 5.11 Å². The molecular formula is C10H11NO3S. The van der Waals surface area contributed by atoms with Crippen LogP contribution in [0.25, 0.3) is 0 Å². The van der Waals surface area contributed by atoms with E-state index in [9.17, 15) is 8.42 Å². The van der Waals surface area contributed by atoms with Gasteiger partial charge in [0.15, 0.2) is 9.84 Å². The topological polar surface area (TPSA) is 66.4 Å². The number of anilines is 1. The van der Waals surface area contributed by atoms with E-state index in [2.05, 4.69) is 5.32 Å². The van der Waals surface area contributed by atoms with Crippen molar-refractivity contribution in [2.45, 2.75) is 6.04 Å². The summed E-state index contributed by atoms with van der Waals surface area (Å²) < 4.78 is 22.2. The molecule has 1 aliphatic heterocycles. The van der Waals surface area contributed by atoms with Gasteiger partial charge in [-0.15, -0.1) is 0 Å². The summed E-state index contributed by atoms with van der Waals surface area (Å²) in [6.45, 7) is 0. The first kappa shape index (κ1) is 10.0. The van der Waals surface area contributed by atoms with Gasteiger partial charge in [0.1, 0.15) is 5.75 Å². The van der Waals surface area contributed by atoms with Crippen LogP contribution in [0.5, 0.6) is 5.75 Å². The van der Waals surface area contributed by atoms with Crippen LogP contribution >= 0.6 is 0 Å². The molecule has 0 amide bonds. The molecule has 1 aromatic rings. The molecule has 1 heterocycles. The Labute approximate surface area is 88.2 Å². The first-order valence-electron chi connectivity index (χ1n) is 4.52. The molecule has 1 atom stereocenters. The third-order valence-corrected chi connectivity index (χ3v) is 3.54. The van der Waals surface area contributed by atoms with Gasteiger partial charge in [-0.25, -0.2) is 8.42 Å². The van der Waals surface area contributed by atoms with E-state index in [1.165, 1.54) is 5.41 Å². The first-order valence-corrected chi connectivity index (χ1v) is 6.23. The number of hydrogen-bond donors (Lipinski definition) is 2. The van der Waals surface area contributed by atoms with Crippen LogP contribution in [0.3, 0.4) is 0 Å². The smallest absolute Gasteiger partial charge is 0.173 e. The van der Waals surface area contributed by atoms with Gasteiger partial charge in [-0.05, 0) is 24.3 Å². The Hall–Kier alpha value is -1.49. The maximum Gasteiger partial charge on any atom is 0.173 e. The largest absolute Gasteiger partial charge is 0.508 e. The molecule has 80 valence electrons. The molecule has 5 heteroatoms. The van der Waals surface area contributed by atoms with Gasteiger partial charge in [0.05, 0.1) is 11.8 Å². The van der Waals surface area contributed by atoms with Crippen LogP contribution in [0.2, 0.25) is 0 Å². The summed E-state index contributed by atoms with van der Waals surface area (Å²) in [6, 6.07) is 6.33. The number of phenols is 1. The highest BCUT2D eigenvalue weighted by Gasteiger charge is 2.21. The molecule has 0 aliphatic carbocycles. The van der Waals surface area contributed by atoms with Crippen molar-refractivity contribution < 1.29 is 13.5 Å². The minimum Gasteiger partial charge on any atom is -0.508 e. The molecule has 0 bridgehead atoms. The Balaban J connectivity index is 2.05. The molecule has 1 aliphatic rings. The standard InChI is InChI=1S/C10H11NO3S/c12-10-3-1-8(2-4-10)11-9-5-6-15(13,14)7-9/h1-6,9,11-12H,7H2/t9-/m1/s1. The minimum atomic E-state index is -3.02. The fraction of sp³-hybridized carbons (Fsp3) is 0.200. The Bertz CT molecular complexity index is 476. The lowest BCUT2D eigenvalue weighted by molar-refractivity contribution is 0.475. The second-order valence-electron chi connectivity index (χ2n) is 3.46. The van der Waals surface area contributed by atoms with Gasteiger partial charge >= 0.3 is 0 Å². The number of phenolic OH excluding ortho intramolecular Hbond substituents is 1. The Morgan fingerprint density at radius 3 is 2.47 bits per heavy atom. The van der Waals surface area contributed by atoms with Crippen LogP contribution in [0.1, 0.15) is 0 Å². The summed E-state index contributed by atoms with van der Waals surface area (Å²) in [4.78, 5) is 0. The molecule has 0 aromatic heterocycles. The monoisotopic (exact) mass is 225 g/mol. The molecule has 0 saturated heterocycles. The number of aromatic hydroxyl groups is 1. The van der Waals surface area contributed by atoms with Crippen LogP contribution in [0.15, 0.2) is 35.7 Å². The van der Waals surface area contributed by atoms with Crippen molar-refractivity contribution in [1.82, 2.24) is 0 Å². The van der Waals surface area contributed by atoms with E-state index in [0.29, 0.717) is 0 Å². The molecular weight excluding hydrogens is 214 g/mol. The minimum absolute atomic E-state index is 0.0911. The third kappa shape index (κ3) is 2.50. The van der Waals surface area contributed by atoms with E-state index < -0.39 is 9.84 Å². The van der Waals surface area contributed by atoms with Gasteiger partial charge < -0.3 is 10.4 Å².